The third-order valence-electron chi connectivity index (χ3n) is 5.82. The molecule has 0 saturated heterocycles. The van der Waals surface area contributed by atoms with E-state index >= 15 is 0 Å². The van der Waals surface area contributed by atoms with Gasteiger partial charge in [0, 0.05) is 0 Å². The number of aliphatic imine (C=N–C) groups is 2. The zero-order valence-corrected chi connectivity index (χ0v) is 17.9. The molecule has 0 aliphatic carbocycles. The summed E-state index contributed by atoms with van der Waals surface area (Å²) in [5, 5.41) is 0. The van der Waals surface area contributed by atoms with Gasteiger partial charge in [-0.1, -0.05) is 127 Å². The Kier molecular flexibility index (Phi) is 15.8. The molecule has 1 aliphatic heterocycles. The Hall–Kier alpha value is -0.790. The summed E-state index contributed by atoms with van der Waals surface area (Å²) in [7, 11) is 0. The second kappa shape index (κ2) is 17.6. The van der Waals surface area contributed by atoms with Crippen LogP contribution >= 0.6 is 0 Å². The fourth-order valence-corrected chi connectivity index (χ4v) is 3.94. The van der Waals surface area contributed by atoms with Crippen LogP contribution < -0.4 is 0 Å². The van der Waals surface area contributed by atoms with Crippen molar-refractivity contribution in [3.05, 3.63) is 6.17 Å². The topological polar surface area (TPSA) is 24.7 Å². The van der Waals surface area contributed by atoms with E-state index in [-0.39, 0.29) is 0 Å². The summed E-state index contributed by atoms with van der Waals surface area (Å²) in [6, 6.07) is 0. The van der Waals surface area contributed by atoms with Gasteiger partial charge in [0.25, 0.3) is 0 Å². The van der Waals surface area contributed by atoms with E-state index in [0.717, 1.165) is 18.5 Å². The van der Waals surface area contributed by atoms with Gasteiger partial charge in [0.15, 0.2) is 12.4 Å². The second-order valence-corrected chi connectivity index (χ2v) is 8.17. The molecular formula is C24H45N2+. The highest BCUT2D eigenvalue weighted by atomic mass is 15.0. The molecule has 0 saturated carbocycles. The van der Waals surface area contributed by atoms with Crippen LogP contribution in [-0.2, 0) is 0 Å². The van der Waals surface area contributed by atoms with Crippen molar-refractivity contribution < 1.29 is 0 Å². The number of unbranched alkanes of at least 4 members (excludes halogenated alkanes) is 12. The first-order chi connectivity index (χ1) is 12.9. The minimum Gasteiger partial charge on any atom is -0.0968 e. The van der Waals surface area contributed by atoms with Crippen molar-refractivity contribution >= 4 is 12.4 Å². The molecule has 0 spiro atoms. The molecule has 0 aromatic heterocycles. The highest BCUT2D eigenvalue weighted by Crippen LogP contribution is 2.23. The van der Waals surface area contributed by atoms with Gasteiger partial charge in [-0.25, -0.2) is 0 Å². The highest BCUT2D eigenvalue weighted by Gasteiger charge is 2.15. The summed E-state index contributed by atoms with van der Waals surface area (Å²) in [6.07, 6.45) is 29.9. The van der Waals surface area contributed by atoms with Gasteiger partial charge >= 0.3 is 0 Å². The minimum atomic E-state index is 0.943. The van der Waals surface area contributed by atoms with E-state index in [1.807, 2.05) is 0 Å². The summed E-state index contributed by atoms with van der Waals surface area (Å²) in [5.74, 6) is 0.943. The lowest BCUT2D eigenvalue weighted by Gasteiger charge is -2.14. The molecule has 1 heterocycles. The fourth-order valence-electron chi connectivity index (χ4n) is 3.94. The molecular weight excluding hydrogens is 316 g/mol. The van der Waals surface area contributed by atoms with E-state index in [4.69, 9.17) is 0 Å². The van der Waals surface area contributed by atoms with Crippen molar-refractivity contribution in [2.45, 2.75) is 129 Å². The largest absolute Gasteiger partial charge is 0.240 e. The van der Waals surface area contributed by atoms with Crippen LogP contribution in [0.1, 0.15) is 129 Å². The quantitative estimate of drug-likeness (QED) is 0.163. The average molecular weight is 362 g/mol. The maximum absolute atomic E-state index is 4.26. The van der Waals surface area contributed by atoms with Crippen molar-refractivity contribution in [2.75, 3.05) is 0 Å². The zero-order chi connectivity index (χ0) is 18.7. The zero-order valence-electron chi connectivity index (χ0n) is 17.9. The molecule has 0 N–H and O–H groups in total. The lowest BCUT2D eigenvalue weighted by molar-refractivity contribution is 0.394. The Morgan fingerprint density at radius 1 is 0.615 bits per heavy atom. The van der Waals surface area contributed by atoms with Gasteiger partial charge in [-0.15, -0.1) is 0 Å². The van der Waals surface area contributed by atoms with Crippen molar-refractivity contribution in [1.29, 1.82) is 0 Å². The SMILES string of the molecule is CCCCCCCCCCCCCCC(CC)CCCC[C+]1N=CC=N1. The van der Waals surface area contributed by atoms with Crippen LogP contribution in [-0.4, -0.2) is 12.4 Å². The lowest BCUT2D eigenvalue weighted by Crippen LogP contribution is -1.99. The standard InChI is InChI=1S/C24H45N2/c1-3-5-6-7-8-9-10-11-12-13-14-15-18-23(4-2)19-16-17-20-24-25-21-22-26-24/h21-23H,3-20H2,1-2H3/q+1. The Balaban J connectivity index is 1.81. The predicted molar refractivity (Wildman–Crippen MR) is 118 cm³/mol. The Morgan fingerprint density at radius 2 is 1.08 bits per heavy atom. The molecule has 1 atom stereocenters. The summed E-state index contributed by atoms with van der Waals surface area (Å²) >= 11 is 0. The van der Waals surface area contributed by atoms with Crippen LogP contribution in [0.2, 0.25) is 0 Å². The molecule has 2 heteroatoms. The molecule has 0 bridgehead atoms. The van der Waals surface area contributed by atoms with Gasteiger partial charge in [0.05, 0.1) is 6.42 Å². The van der Waals surface area contributed by atoms with Gasteiger partial charge in [-0.3, -0.25) is 0 Å². The third-order valence-corrected chi connectivity index (χ3v) is 5.82. The third kappa shape index (κ3) is 13.4. The van der Waals surface area contributed by atoms with Gasteiger partial charge in [-0.2, -0.15) is 0 Å². The van der Waals surface area contributed by atoms with Crippen molar-refractivity contribution in [3.63, 3.8) is 0 Å². The fraction of sp³-hybridized carbons (Fsp3) is 0.875. The van der Waals surface area contributed by atoms with Crippen LogP contribution in [0.4, 0.5) is 0 Å². The summed E-state index contributed by atoms with van der Waals surface area (Å²) in [4.78, 5) is 8.51. The van der Waals surface area contributed by atoms with E-state index in [2.05, 4.69) is 23.8 Å². The molecule has 26 heavy (non-hydrogen) atoms. The second-order valence-electron chi connectivity index (χ2n) is 8.17. The molecule has 1 unspecified atom stereocenters. The number of hydrogen-bond acceptors (Lipinski definition) is 2. The van der Waals surface area contributed by atoms with Crippen LogP contribution in [0.3, 0.4) is 0 Å². The first-order valence-corrected chi connectivity index (χ1v) is 11.8. The molecule has 2 nitrogen and oxygen atoms in total. The normalized spacial score (nSPS) is 14.5. The molecule has 0 amide bonds. The van der Waals surface area contributed by atoms with E-state index < -0.39 is 0 Å². The number of hydrogen-bond donors (Lipinski definition) is 0. The van der Waals surface area contributed by atoms with Gasteiger partial charge in [0.2, 0.25) is 6.17 Å². The molecule has 0 aromatic carbocycles. The van der Waals surface area contributed by atoms with Crippen LogP contribution in [0.25, 0.3) is 0 Å². The predicted octanol–water partition coefficient (Wildman–Crippen LogP) is 8.31. The van der Waals surface area contributed by atoms with Crippen LogP contribution in [0, 0.1) is 12.1 Å². The summed E-state index contributed by atoms with van der Waals surface area (Å²) in [5.41, 5.74) is 0. The molecule has 0 aromatic rings. The van der Waals surface area contributed by atoms with E-state index in [9.17, 15) is 0 Å². The molecule has 0 radical (unpaired) electrons. The highest BCUT2D eigenvalue weighted by molar-refractivity contribution is 6.18. The monoisotopic (exact) mass is 361 g/mol. The average Bonchev–Trinajstić information content (AvgIpc) is 3.17. The maximum Gasteiger partial charge on any atom is 0.240 e. The van der Waals surface area contributed by atoms with Crippen molar-refractivity contribution in [3.8, 4) is 0 Å². The van der Waals surface area contributed by atoms with Crippen LogP contribution in [0.15, 0.2) is 9.98 Å². The van der Waals surface area contributed by atoms with Crippen LogP contribution in [0.5, 0.6) is 0 Å². The summed E-state index contributed by atoms with van der Waals surface area (Å²) in [6.45, 7) is 4.66. The Labute approximate surface area is 164 Å². The van der Waals surface area contributed by atoms with Gasteiger partial charge in [-0.05, 0) is 12.3 Å². The maximum atomic E-state index is 4.26. The number of rotatable bonds is 19. The van der Waals surface area contributed by atoms with Crippen molar-refractivity contribution in [1.82, 2.24) is 0 Å². The van der Waals surface area contributed by atoms with E-state index in [0.29, 0.717) is 0 Å². The Morgan fingerprint density at radius 3 is 1.58 bits per heavy atom. The number of nitrogens with zero attached hydrogens (tertiary/aromatic N) is 2. The van der Waals surface area contributed by atoms with E-state index in [1.54, 1.807) is 12.4 Å². The minimum absolute atomic E-state index is 0.943. The molecule has 0 fully saturated rings. The van der Waals surface area contributed by atoms with Gasteiger partial charge < -0.3 is 0 Å². The molecule has 1 rings (SSSR count). The first-order valence-electron chi connectivity index (χ1n) is 11.8. The smallest absolute Gasteiger partial charge is 0.0968 e. The Bertz CT molecular complexity index is 336. The first kappa shape index (κ1) is 23.2. The van der Waals surface area contributed by atoms with Gasteiger partial charge in [0.1, 0.15) is 0 Å². The molecule has 150 valence electrons. The van der Waals surface area contributed by atoms with Crippen molar-refractivity contribution in [2.24, 2.45) is 15.9 Å². The van der Waals surface area contributed by atoms with E-state index in [1.165, 1.54) is 109 Å². The molecule has 1 aliphatic rings. The lowest BCUT2D eigenvalue weighted by atomic mass is 9.92. The summed E-state index contributed by atoms with van der Waals surface area (Å²) < 4.78 is 0.